The van der Waals surface area contributed by atoms with E-state index in [2.05, 4.69) is 5.32 Å². The normalized spacial score (nSPS) is 15.8. The van der Waals surface area contributed by atoms with Gasteiger partial charge in [0.2, 0.25) is 21.8 Å². The largest absolute Gasteiger partial charge is 0.478 e. The minimum absolute atomic E-state index is 0.0677. The van der Waals surface area contributed by atoms with Crippen molar-refractivity contribution in [3.05, 3.63) is 23.8 Å². The Labute approximate surface area is 119 Å². The van der Waals surface area contributed by atoms with E-state index in [-0.39, 0.29) is 29.2 Å². The molecule has 0 bridgehead atoms. The van der Waals surface area contributed by atoms with Crippen LogP contribution in [0.15, 0.2) is 23.1 Å². The number of carboxylic acids is 1. The standard InChI is InChI=1S/C11H11N3O6S/c12-21(19,20)6-1-2-8(7(3-6)11(17)18)14-4-9(15)13-10(16)5-14/h1-3H,4-5H2,(H,17,18)(H2,12,19,20)(H,13,15,16). The summed E-state index contributed by atoms with van der Waals surface area (Å²) in [6.07, 6.45) is 0. The zero-order chi connectivity index (χ0) is 15.8. The van der Waals surface area contributed by atoms with E-state index in [0.29, 0.717) is 0 Å². The summed E-state index contributed by atoms with van der Waals surface area (Å²) in [5.74, 6) is -2.54. The molecule has 1 heterocycles. The number of amides is 2. The predicted octanol–water partition coefficient (Wildman–Crippen LogP) is -1.50. The maximum absolute atomic E-state index is 11.3. The van der Waals surface area contributed by atoms with Crippen LogP contribution in [0.1, 0.15) is 10.4 Å². The van der Waals surface area contributed by atoms with E-state index in [0.717, 1.165) is 12.1 Å². The van der Waals surface area contributed by atoms with Crippen molar-refractivity contribution < 1.29 is 27.9 Å². The topological polar surface area (TPSA) is 147 Å². The number of piperazine rings is 1. The number of carboxylic acid groups (broad SMARTS) is 1. The first-order valence-corrected chi connectivity index (χ1v) is 7.21. The summed E-state index contributed by atoms with van der Waals surface area (Å²) in [5, 5.41) is 16.2. The van der Waals surface area contributed by atoms with Gasteiger partial charge in [0.15, 0.2) is 0 Å². The molecule has 0 saturated carbocycles. The van der Waals surface area contributed by atoms with Crippen LogP contribution in [0.3, 0.4) is 0 Å². The molecule has 0 atom stereocenters. The highest BCUT2D eigenvalue weighted by molar-refractivity contribution is 7.89. The van der Waals surface area contributed by atoms with Crippen molar-refractivity contribution in [2.24, 2.45) is 5.14 Å². The predicted molar refractivity (Wildman–Crippen MR) is 70.1 cm³/mol. The van der Waals surface area contributed by atoms with Gasteiger partial charge in [0.1, 0.15) is 0 Å². The molecule has 0 unspecified atom stereocenters. The Bertz CT molecular complexity index is 726. The smallest absolute Gasteiger partial charge is 0.337 e. The highest BCUT2D eigenvalue weighted by Crippen LogP contribution is 2.24. The molecular formula is C11H11N3O6S. The Hall–Kier alpha value is -2.46. The van der Waals surface area contributed by atoms with E-state index < -0.39 is 27.8 Å². The Kier molecular flexibility index (Phi) is 3.66. The number of sulfonamides is 1. The second-order valence-corrected chi connectivity index (χ2v) is 5.92. The van der Waals surface area contributed by atoms with Gasteiger partial charge < -0.3 is 10.0 Å². The molecular weight excluding hydrogens is 302 g/mol. The molecule has 2 amide bonds. The van der Waals surface area contributed by atoms with Gasteiger partial charge >= 0.3 is 5.97 Å². The average Bonchev–Trinajstić information content (AvgIpc) is 2.35. The molecule has 1 aromatic rings. The molecule has 9 nitrogen and oxygen atoms in total. The third kappa shape index (κ3) is 3.17. The number of hydrogen-bond donors (Lipinski definition) is 3. The lowest BCUT2D eigenvalue weighted by Crippen LogP contribution is -2.51. The van der Waals surface area contributed by atoms with Crippen LogP contribution in [0.4, 0.5) is 5.69 Å². The van der Waals surface area contributed by atoms with E-state index >= 15 is 0 Å². The fraction of sp³-hybridized carbons (Fsp3) is 0.182. The molecule has 0 aliphatic carbocycles. The Balaban J connectivity index is 2.51. The minimum atomic E-state index is -4.06. The number of hydrogen-bond acceptors (Lipinski definition) is 6. The number of nitrogens with zero attached hydrogens (tertiary/aromatic N) is 1. The maximum atomic E-state index is 11.3. The van der Waals surface area contributed by atoms with Gasteiger partial charge in [-0.25, -0.2) is 18.4 Å². The molecule has 1 saturated heterocycles. The first kappa shape index (κ1) is 14.9. The van der Waals surface area contributed by atoms with Crippen LogP contribution in [-0.2, 0) is 19.6 Å². The van der Waals surface area contributed by atoms with Crippen LogP contribution >= 0.6 is 0 Å². The molecule has 10 heteroatoms. The summed E-state index contributed by atoms with van der Waals surface area (Å²) >= 11 is 0. The quantitative estimate of drug-likeness (QED) is 0.575. The van der Waals surface area contributed by atoms with Gasteiger partial charge in [0, 0.05) is 0 Å². The van der Waals surface area contributed by atoms with Gasteiger partial charge in [-0.1, -0.05) is 0 Å². The summed E-state index contributed by atoms with van der Waals surface area (Å²) in [6, 6.07) is 3.22. The van der Waals surface area contributed by atoms with Crippen molar-refractivity contribution in [1.82, 2.24) is 5.32 Å². The first-order chi connectivity index (χ1) is 9.68. The zero-order valence-electron chi connectivity index (χ0n) is 10.6. The van der Waals surface area contributed by atoms with Crippen molar-refractivity contribution in [3.63, 3.8) is 0 Å². The van der Waals surface area contributed by atoms with E-state index in [4.69, 9.17) is 5.14 Å². The van der Waals surface area contributed by atoms with Gasteiger partial charge in [-0.2, -0.15) is 0 Å². The molecule has 112 valence electrons. The van der Waals surface area contributed by atoms with Gasteiger partial charge in [-0.3, -0.25) is 14.9 Å². The number of rotatable bonds is 3. The number of imide groups is 1. The molecule has 0 aromatic heterocycles. The molecule has 1 fully saturated rings. The number of carbonyl (C=O) groups excluding carboxylic acids is 2. The lowest BCUT2D eigenvalue weighted by Gasteiger charge is -2.28. The molecule has 1 aliphatic rings. The monoisotopic (exact) mass is 313 g/mol. The number of aromatic carboxylic acids is 1. The third-order valence-electron chi connectivity index (χ3n) is 2.82. The highest BCUT2D eigenvalue weighted by Gasteiger charge is 2.26. The van der Waals surface area contributed by atoms with Gasteiger partial charge in [-0.15, -0.1) is 0 Å². The SMILES string of the molecule is NS(=O)(=O)c1ccc(N2CC(=O)NC(=O)C2)c(C(=O)O)c1. The molecule has 2 rings (SSSR count). The van der Waals surface area contributed by atoms with Crippen molar-refractivity contribution >= 4 is 33.5 Å². The fourth-order valence-electron chi connectivity index (χ4n) is 1.95. The lowest BCUT2D eigenvalue weighted by atomic mass is 10.1. The summed E-state index contributed by atoms with van der Waals surface area (Å²) in [5.41, 5.74) is -0.290. The van der Waals surface area contributed by atoms with Crippen LogP contribution in [0.25, 0.3) is 0 Å². The Morgan fingerprint density at radius 3 is 2.29 bits per heavy atom. The summed E-state index contributed by atoms with van der Waals surface area (Å²) in [7, 11) is -4.06. The molecule has 21 heavy (non-hydrogen) atoms. The van der Waals surface area contributed by atoms with E-state index in [1.54, 1.807) is 0 Å². The highest BCUT2D eigenvalue weighted by atomic mass is 32.2. The van der Waals surface area contributed by atoms with Crippen LogP contribution in [0, 0.1) is 0 Å². The van der Waals surface area contributed by atoms with E-state index in [9.17, 15) is 27.9 Å². The Morgan fingerprint density at radius 1 is 1.24 bits per heavy atom. The van der Waals surface area contributed by atoms with Crippen LogP contribution in [0.5, 0.6) is 0 Å². The molecule has 0 radical (unpaired) electrons. The van der Waals surface area contributed by atoms with Gasteiger partial charge in [0.25, 0.3) is 0 Å². The summed E-state index contributed by atoms with van der Waals surface area (Å²) in [4.78, 5) is 34.8. The summed E-state index contributed by atoms with van der Waals surface area (Å²) in [6.45, 7) is -0.415. The first-order valence-electron chi connectivity index (χ1n) is 5.66. The Morgan fingerprint density at radius 2 is 1.81 bits per heavy atom. The van der Waals surface area contributed by atoms with Crippen molar-refractivity contribution in [3.8, 4) is 0 Å². The fourth-order valence-corrected chi connectivity index (χ4v) is 2.49. The van der Waals surface area contributed by atoms with Crippen molar-refractivity contribution in [2.75, 3.05) is 18.0 Å². The van der Waals surface area contributed by atoms with E-state index in [1.807, 2.05) is 0 Å². The number of carbonyl (C=O) groups is 3. The van der Waals surface area contributed by atoms with Crippen LogP contribution in [0.2, 0.25) is 0 Å². The van der Waals surface area contributed by atoms with Crippen LogP contribution in [-0.4, -0.2) is 44.4 Å². The number of nitrogens with two attached hydrogens (primary N) is 1. The second-order valence-electron chi connectivity index (χ2n) is 4.36. The van der Waals surface area contributed by atoms with Gasteiger partial charge in [0.05, 0.1) is 29.2 Å². The third-order valence-corrected chi connectivity index (χ3v) is 3.73. The number of anilines is 1. The number of nitrogens with one attached hydrogen (secondary N) is 1. The zero-order valence-corrected chi connectivity index (χ0v) is 11.4. The van der Waals surface area contributed by atoms with Gasteiger partial charge in [-0.05, 0) is 18.2 Å². The molecule has 1 aliphatic heterocycles. The number of benzene rings is 1. The minimum Gasteiger partial charge on any atom is -0.478 e. The van der Waals surface area contributed by atoms with Crippen LogP contribution < -0.4 is 15.4 Å². The van der Waals surface area contributed by atoms with E-state index in [1.165, 1.54) is 11.0 Å². The average molecular weight is 313 g/mol. The van der Waals surface area contributed by atoms with Crippen molar-refractivity contribution in [2.45, 2.75) is 4.90 Å². The van der Waals surface area contributed by atoms with Crippen molar-refractivity contribution in [1.29, 1.82) is 0 Å². The number of primary sulfonamides is 1. The second kappa shape index (κ2) is 5.14. The summed E-state index contributed by atoms with van der Waals surface area (Å²) < 4.78 is 22.5. The molecule has 1 aromatic carbocycles. The lowest BCUT2D eigenvalue weighted by molar-refractivity contribution is -0.130. The molecule has 4 N–H and O–H groups in total. The maximum Gasteiger partial charge on any atom is 0.337 e. The molecule has 0 spiro atoms.